The van der Waals surface area contributed by atoms with Crippen molar-refractivity contribution in [3.63, 3.8) is 0 Å². The van der Waals surface area contributed by atoms with Crippen molar-refractivity contribution in [2.45, 2.75) is 43.7 Å². The SMILES string of the molecule is COc1ccc(-c2cncc(S(=O)(=O)NC(C)(C)C)c2)cc1C(=O)Nc1cc2c(cc1C(=O)Nc1ccc(F)c(C(F)(F)F)c1)OC(F)(F)O2. The van der Waals surface area contributed by atoms with Crippen molar-refractivity contribution in [3.8, 4) is 28.4 Å². The predicted octanol–water partition coefficient (Wildman–Crippen LogP) is 6.82. The third-order valence-electron chi connectivity index (χ3n) is 6.81. The number of aromatic nitrogens is 1. The molecule has 50 heavy (non-hydrogen) atoms. The maximum absolute atomic E-state index is 13.9. The lowest BCUT2D eigenvalue weighted by Crippen LogP contribution is -2.40. The number of pyridine rings is 1. The molecule has 18 heteroatoms. The average molecular weight is 725 g/mol. The number of halogens is 6. The summed E-state index contributed by atoms with van der Waals surface area (Å²) in [5.41, 5.74) is -3.57. The third-order valence-corrected chi connectivity index (χ3v) is 8.53. The summed E-state index contributed by atoms with van der Waals surface area (Å²) in [6.45, 7) is 4.97. The molecule has 2 amide bonds. The van der Waals surface area contributed by atoms with Gasteiger partial charge in [-0.05, 0) is 68.8 Å². The van der Waals surface area contributed by atoms with Gasteiger partial charge in [0.15, 0.2) is 11.5 Å². The summed E-state index contributed by atoms with van der Waals surface area (Å²) in [6.07, 6.45) is -6.76. The van der Waals surface area contributed by atoms with Gasteiger partial charge in [0, 0.05) is 35.2 Å². The van der Waals surface area contributed by atoms with E-state index in [0.29, 0.717) is 17.7 Å². The fourth-order valence-corrected chi connectivity index (χ4v) is 6.15. The van der Waals surface area contributed by atoms with Crippen molar-refractivity contribution in [1.29, 1.82) is 0 Å². The Labute approximate surface area is 280 Å². The van der Waals surface area contributed by atoms with Gasteiger partial charge in [0.1, 0.15) is 16.5 Å². The molecule has 0 fully saturated rings. The molecule has 0 aliphatic carbocycles. The second-order valence-electron chi connectivity index (χ2n) is 11.8. The molecule has 1 aliphatic rings. The number of nitrogens with zero attached hydrogens (tertiary/aromatic N) is 1. The number of amides is 2. The Balaban J connectivity index is 1.51. The first-order valence-corrected chi connectivity index (χ1v) is 15.7. The highest BCUT2D eigenvalue weighted by atomic mass is 32.2. The van der Waals surface area contributed by atoms with Crippen molar-refractivity contribution in [3.05, 3.63) is 89.5 Å². The summed E-state index contributed by atoms with van der Waals surface area (Å²) >= 11 is 0. The van der Waals surface area contributed by atoms with Gasteiger partial charge in [-0.25, -0.2) is 17.5 Å². The predicted molar refractivity (Wildman–Crippen MR) is 166 cm³/mol. The Bertz CT molecular complexity index is 2120. The molecule has 2 heterocycles. The molecule has 11 nitrogen and oxygen atoms in total. The number of fused-ring (bicyclic) bond motifs is 1. The Morgan fingerprint density at radius 3 is 2.14 bits per heavy atom. The van der Waals surface area contributed by atoms with E-state index in [-0.39, 0.29) is 21.8 Å². The molecule has 0 saturated heterocycles. The quantitative estimate of drug-likeness (QED) is 0.168. The van der Waals surface area contributed by atoms with Crippen molar-refractivity contribution >= 4 is 33.2 Å². The smallest absolute Gasteiger partial charge is 0.496 e. The minimum Gasteiger partial charge on any atom is -0.496 e. The second kappa shape index (κ2) is 12.8. The Morgan fingerprint density at radius 1 is 0.840 bits per heavy atom. The fourth-order valence-electron chi connectivity index (χ4n) is 4.75. The standard InChI is InChI=1S/C32H26F6N4O7S/c1-30(2,3)42-50(45,46)19-9-17(14-39-15-19)16-5-8-25(47-4)21(10-16)29(44)41-24-13-27-26(48-32(37,38)49-27)12-20(24)28(43)40-18-6-7-23(33)22(11-18)31(34,35)36/h5-15,42H,1-4H3,(H,40,43)(H,41,44). The van der Waals surface area contributed by atoms with Crippen molar-refractivity contribution in [2.75, 3.05) is 17.7 Å². The van der Waals surface area contributed by atoms with Crippen LogP contribution in [0, 0.1) is 5.82 Å². The summed E-state index contributed by atoms with van der Waals surface area (Å²) in [6, 6.07) is 8.80. The van der Waals surface area contributed by atoms with Gasteiger partial charge >= 0.3 is 12.5 Å². The largest absolute Gasteiger partial charge is 0.586 e. The van der Waals surface area contributed by atoms with E-state index in [1.165, 1.54) is 37.6 Å². The maximum Gasteiger partial charge on any atom is 0.586 e. The first kappa shape index (κ1) is 35.9. The molecule has 3 N–H and O–H groups in total. The van der Waals surface area contributed by atoms with Crippen LogP contribution in [0.3, 0.4) is 0 Å². The number of benzene rings is 3. The Kier molecular flexibility index (Phi) is 9.22. The Hall–Kier alpha value is -5.36. The number of rotatable bonds is 8. The number of alkyl halides is 5. The van der Waals surface area contributed by atoms with E-state index in [9.17, 15) is 44.3 Å². The summed E-state index contributed by atoms with van der Waals surface area (Å²) in [7, 11) is -2.75. The van der Waals surface area contributed by atoms with Crippen LogP contribution in [0.4, 0.5) is 37.7 Å². The van der Waals surface area contributed by atoms with Crippen LogP contribution >= 0.6 is 0 Å². The van der Waals surface area contributed by atoms with E-state index in [0.717, 1.165) is 24.4 Å². The van der Waals surface area contributed by atoms with Gasteiger partial charge in [-0.3, -0.25) is 14.6 Å². The average Bonchev–Trinajstić information content (AvgIpc) is 3.32. The van der Waals surface area contributed by atoms with Gasteiger partial charge in [-0.15, -0.1) is 8.78 Å². The minimum atomic E-state index is -5.10. The summed E-state index contributed by atoms with van der Waals surface area (Å²) in [4.78, 5) is 30.8. The number of sulfonamides is 1. The molecule has 264 valence electrons. The van der Waals surface area contributed by atoms with Crippen molar-refractivity contribution in [1.82, 2.24) is 9.71 Å². The lowest BCUT2D eigenvalue weighted by atomic mass is 10.0. The number of hydrogen-bond acceptors (Lipinski definition) is 8. The second-order valence-corrected chi connectivity index (χ2v) is 13.5. The number of methoxy groups -OCH3 is 1. The monoisotopic (exact) mass is 724 g/mol. The van der Waals surface area contributed by atoms with E-state index in [2.05, 4.69) is 29.8 Å². The van der Waals surface area contributed by atoms with Crippen LogP contribution in [0.2, 0.25) is 0 Å². The van der Waals surface area contributed by atoms with Crippen LogP contribution in [0.15, 0.2) is 71.9 Å². The van der Waals surface area contributed by atoms with Crippen LogP contribution in [0.25, 0.3) is 11.1 Å². The normalized spacial score (nSPS) is 13.9. The number of nitrogens with one attached hydrogen (secondary N) is 3. The maximum atomic E-state index is 13.9. The molecule has 1 aromatic heterocycles. The fraction of sp³-hybridized carbons (Fsp3) is 0.219. The molecule has 0 saturated carbocycles. The topological polar surface area (TPSA) is 145 Å². The number of carbonyl (C=O) groups excluding carboxylic acids is 2. The number of carbonyl (C=O) groups is 2. The molecular weight excluding hydrogens is 698 g/mol. The third kappa shape index (κ3) is 7.92. The zero-order valence-corrected chi connectivity index (χ0v) is 27.1. The van der Waals surface area contributed by atoms with E-state index in [4.69, 9.17) is 4.74 Å². The van der Waals surface area contributed by atoms with Gasteiger partial charge < -0.3 is 24.8 Å². The summed E-state index contributed by atoms with van der Waals surface area (Å²) in [5, 5.41) is 4.51. The summed E-state index contributed by atoms with van der Waals surface area (Å²) < 4.78 is 124. The van der Waals surface area contributed by atoms with Crippen molar-refractivity contribution < 1.29 is 58.6 Å². The number of ether oxygens (including phenoxy) is 3. The van der Waals surface area contributed by atoms with Gasteiger partial charge in [-0.1, -0.05) is 6.07 Å². The molecule has 0 spiro atoms. The lowest BCUT2D eigenvalue weighted by Gasteiger charge is -2.20. The van der Waals surface area contributed by atoms with Gasteiger partial charge in [-0.2, -0.15) is 13.2 Å². The molecule has 5 rings (SSSR count). The van der Waals surface area contributed by atoms with Crippen LogP contribution in [-0.2, 0) is 16.2 Å². The molecule has 4 aromatic rings. The summed E-state index contributed by atoms with van der Waals surface area (Å²) in [5.74, 6) is -4.98. The lowest BCUT2D eigenvalue weighted by molar-refractivity contribution is -0.286. The molecular formula is C32H26F6N4O7S. The minimum absolute atomic E-state index is 0.00153. The highest BCUT2D eigenvalue weighted by Gasteiger charge is 2.44. The van der Waals surface area contributed by atoms with Crippen LogP contribution in [0.5, 0.6) is 17.2 Å². The molecule has 1 aliphatic heterocycles. The van der Waals surface area contributed by atoms with Crippen LogP contribution in [0.1, 0.15) is 47.1 Å². The van der Waals surface area contributed by atoms with Gasteiger partial charge in [0.05, 0.1) is 29.5 Å². The van der Waals surface area contributed by atoms with Crippen LogP contribution in [-0.4, -0.2) is 44.2 Å². The molecule has 0 bridgehead atoms. The highest BCUT2D eigenvalue weighted by Crippen LogP contribution is 2.44. The Morgan fingerprint density at radius 2 is 1.50 bits per heavy atom. The van der Waals surface area contributed by atoms with Crippen molar-refractivity contribution in [2.24, 2.45) is 0 Å². The van der Waals surface area contributed by atoms with Gasteiger partial charge in [0.25, 0.3) is 11.8 Å². The molecule has 0 atom stereocenters. The zero-order valence-electron chi connectivity index (χ0n) is 26.3. The molecule has 3 aromatic carbocycles. The van der Waals surface area contributed by atoms with E-state index in [1.807, 2.05) is 0 Å². The zero-order chi connectivity index (χ0) is 36.8. The van der Waals surface area contributed by atoms with Crippen LogP contribution < -0.4 is 29.6 Å². The first-order chi connectivity index (χ1) is 23.2. The highest BCUT2D eigenvalue weighted by molar-refractivity contribution is 7.89. The van der Waals surface area contributed by atoms with E-state index >= 15 is 0 Å². The van der Waals surface area contributed by atoms with Gasteiger partial charge in [0.2, 0.25) is 10.0 Å². The van der Waals surface area contributed by atoms with E-state index in [1.54, 1.807) is 20.8 Å². The molecule has 0 unspecified atom stereocenters. The first-order valence-electron chi connectivity index (χ1n) is 14.3. The van der Waals surface area contributed by atoms with E-state index < -0.39 is 79.7 Å². The number of anilines is 2. The molecule has 0 radical (unpaired) electrons. The number of hydrogen-bond donors (Lipinski definition) is 3.